The number of aliphatic hydroxyl groups is 2. The molecule has 8 heteroatoms. The summed E-state index contributed by atoms with van der Waals surface area (Å²) in [7, 11) is -2.99. The maximum absolute atomic E-state index is 10.4. The van der Waals surface area contributed by atoms with Crippen LogP contribution >= 0.6 is 0 Å². The van der Waals surface area contributed by atoms with E-state index in [0.29, 0.717) is 0 Å². The topological polar surface area (TPSA) is 128 Å². The zero-order valence-corrected chi connectivity index (χ0v) is 7.45. The smallest absolute Gasteiger partial charge is 0.368 e. The lowest BCUT2D eigenvalue weighted by Gasteiger charge is -2.03. The molecular formula is C4H13NO6S. The number of aliphatic hydroxyl groups excluding tert-OH is 1. The second-order valence-corrected chi connectivity index (χ2v) is 3.05. The predicted molar refractivity (Wildman–Crippen MR) is 39.7 cm³/mol. The van der Waals surface area contributed by atoms with Crippen LogP contribution in [0.2, 0.25) is 0 Å². The van der Waals surface area contributed by atoms with Gasteiger partial charge in [-0.1, -0.05) is 0 Å². The molecule has 0 fully saturated rings. The second kappa shape index (κ2) is 6.29. The van der Waals surface area contributed by atoms with Gasteiger partial charge in [-0.25, -0.2) is 4.18 Å². The minimum absolute atomic E-state index is 0. The Morgan fingerprint density at radius 1 is 1.42 bits per heavy atom. The van der Waals surface area contributed by atoms with Gasteiger partial charge >= 0.3 is 10.4 Å². The van der Waals surface area contributed by atoms with Crippen molar-refractivity contribution in [3.63, 3.8) is 0 Å². The fourth-order valence-electron chi connectivity index (χ4n) is 0.304. The third-order valence-corrected chi connectivity index (χ3v) is 1.67. The van der Waals surface area contributed by atoms with E-state index in [2.05, 4.69) is 8.37 Å². The molecule has 0 spiro atoms. The van der Waals surface area contributed by atoms with Gasteiger partial charge in [0.05, 0.1) is 13.7 Å². The van der Waals surface area contributed by atoms with Crippen molar-refractivity contribution in [3.8, 4) is 0 Å². The monoisotopic (exact) mass is 203 g/mol. The van der Waals surface area contributed by atoms with Crippen molar-refractivity contribution in [1.29, 1.82) is 0 Å². The molecule has 0 amide bonds. The second-order valence-electron chi connectivity index (χ2n) is 1.67. The summed E-state index contributed by atoms with van der Waals surface area (Å²) in [4.78, 5) is 0. The van der Waals surface area contributed by atoms with Crippen molar-refractivity contribution in [2.24, 2.45) is 0 Å². The quantitative estimate of drug-likeness (QED) is 0.476. The maximum Gasteiger partial charge on any atom is 0.399 e. The minimum atomic E-state index is -3.94. The van der Waals surface area contributed by atoms with E-state index in [1.165, 1.54) is 0 Å². The van der Waals surface area contributed by atoms with Crippen LogP contribution in [0.3, 0.4) is 0 Å². The highest BCUT2D eigenvalue weighted by Gasteiger charge is 2.08. The van der Waals surface area contributed by atoms with Gasteiger partial charge in [0.1, 0.15) is 0 Å². The Kier molecular flexibility index (Phi) is 7.48. The normalized spacial score (nSPS) is 11.3. The summed E-state index contributed by atoms with van der Waals surface area (Å²) in [5.41, 5.74) is 0. The van der Waals surface area contributed by atoms with E-state index in [-0.39, 0.29) is 19.2 Å². The average Bonchev–Trinajstić information content (AvgIpc) is 1.87. The van der Waals surface area contributed by atoms with Crippen LogP contribution in [0.15, 0.2) is 0 Å². The van der Waals surface area contributed by atoms with Crippen LogP contribution in [-0.2, 0) is 18.8 Å². The Morgan fingerprint density at radius 2 is 1.92 bits per heavy atom. The SMILES string of the molecule is COS(=O)(=O)OCCC(O)O.N. The molecule has 7 nitrogen and oxygen atoms in total. The van der Waals surface area contributed by atoms with Crippen molar-refractivity contribution < 1.29 is 27.0 Å². The first-order chi connectivity index (χ1) is 4.98. The van der Waals surface area contributed by atoms with E-state index >= 15 is 0 Å². The van der Waals surface area contributed by atoms with Gasteiger partial charge in [0.25, 0.3) is 0 Å². The molecule has 0 unspecified atom stereocenters. The molecule has 0 radical (unpaired) electrons. The predicted octanol–water partition coefficient (Wildman–Crippen LogP) is -1.24. The van der Waals surface area contributed by atoms with Crippen LogP contribution in [0.5, 0.6) is 0 Å². The molecule has 0 aromatic heterocycles. The molecule has 0 atom stereocenters. The lowest BCUT2D eigenvalue weighted by molar-refractivity contribution is -0.0521. The molecule has 0 aliphatic carbocycles. The van der Waals surface area contributed by atoms with Crippen molar-refractivity contribution in [2.75, 3.05) is 13.7 Å². The lowest BCUT2D eigenvalue weighted by Crippen LogP contribution is -2.13. The molecule has 0 aromatic rings. The summed E-state index contributed by atoms with van der Waals surface area (Å²) in [5, 5.41) is 16.5. The van der Waals surface area contributed by atoms with Crippen LogP contribution in [0.4, 0.5) is 0 Å². The molecule has 0 aliphatic heterocycles. The van der Waals surface area contributed by atoms with Crippen molar-refractivity contribution in [1.82, 2.24) is 6.15 Å². The van der Waals surface area contributed by atoms with Crippen LogP contribution < -0.4 is 6.15 Å². The Morgan fingerprint density at radius 3 is 2.25 bits per heavy atom. The van der Waals surface area contributed by atoms with Gasteiger partial charge in [-0.2, -0.15) is 8.42 Å². The molecule has 0 saturated carbocycles. The van der Waals surface area contributed by atoms with Gasteiger partial charge in [0.2, 0.25) is 0 Å². The largest absolute Gasteiger partial charge is 0.399 e. The third kappa shape index (κ3) is 7.85. The first-order valence-electron chi connectivity index (χ1n) is 2.79. The lowest BCUT2D eigenvalue weighted by atomic mass is 10.5. The van der Waals surface area contributed by atoms with Crippen LogP contribution in [-0.4, -0.2) is 38.6 Å². The van der Waals surface area contributed by atoms with Gasteiger partial charge in [0.15, 0.2) is 6.29 Å². The Labute approximate surface area is 70.8 Å². The first-order valence-corrected chi connectivity index (χ1v) is 4.12. The molecule has 0 aromatic carbocycles. The number of rotatable bonds is 5. The van der Waals surface area contributed by atoms with Gasteiger partial charge in [-0.15, -0.1) is 0 Å². The summed E-state index contributed by atoms with van der Waals surface area (Å²) in [6.45, 7) is -0.312. The molecule has 0 aliphatic rings. The van der Waals surface area contributed by atoms with E-state index in [1.54, 1.807) is 0 Å². The zero-order valence-electron chi connectivity index (χ0n) is 6.63. The molecule has 76 valence electrons. The van der Waals surface area contributed by atoms with Gasteiger partial charge in [-0.3, -0.25) is 4.18 Å². The highest BCUT2D eigenvalue weighted by atomic mass is 32.3. The average molecular weight is 203 g/mol. The van der Waals surface area contributed by atoms with E-state index < -0.39 is 16.7 Å². The van der Waals surface area contributed by atoms with Gasteiger partial charge in [-0.05, 0) is 0 Å². The molecular weight excluding hydrogens is 190 g/mol. The first kappa shape index (κ1) is 14.3. The highest BCUT2D eigenvalue weighted by Crippen LogP contribution is 1.95. The molecule has 0 heterocycles. The van der Waals surface area contributed by atoms with Crippen molar-refractivity contribution >= 4 is 10.4 Å². The van der Waals surface area contributed by atoms with E-state index in [1.807, 2.05) is 0 Å². The summed E-state index contributed by atoms with van der Waals surface area (Å²) < 4.78 is 28.8. The molecule has 12 heavy (non-hydrogen) atoms. The number of hydrogen-bond donors (Lipinski definition) is 3. The molecule has 0 bridgehead atoms. The molecule has 0 saturated heterocycles. The highest BCUT2D eigenvalue weighted by molar-refractivity contribution is 7.81. The summed E-state index contributed by atoms with van der Waals surface area (Å²) in [5.74, 6) is 0. The molecule has 0 rings (SSSR count). The van der Waals surface area contributed by atoms with Crippen molar-refractivity contribution in [2.45, 2.75) is 12.7 Å². The van der Waals surface area contributed by atoms with Crippen LogP contribution in [0.1, 0.15) is 6.42 Å². The summed E-state index contributed by atoms with van der Waals surface area (Å²) >= 11 is 0. The Hall–Kier alpha value is -0.250. The Bertz CT molecular complexity index is 188. The third-order valence-electron chi connectivity index (χ3n) is 0.808. The van der Waals surface area contributed by atoms with Gasteiger partial charge in [0, 0.05) is 6.42 Å². The minimum Gasteiger partial charge on any atom is -0.368 e. The zero-order chi connectivity index (χ0) is 8.91. The summed E-state index contributed by atoms with van der Waals surface area (Å²) in [6, 6.07) is 0. The van der Waals surface area contributed by atoms with Crippen LogP contribution in [0, 0.1) is 0 Å². The van der Waals surface area contributed by atoms with E-state index in [9.17, 15) is 8.42 Å². The fourth-order valence-corrected chi connectivity index (χ4v) is 0.700. The van der Waals surface area contributed by atoms with E-state index in [4.69, 9.17) is 10.2 Å². The standard InChI is InChI=1S/C4H10O6S.H3N/c1-9-11(7,8)10-3-2-4(5)6;/h4-6H,2-3H2,1H3;1H3. The maximum atomic E-state index is 10.4. The van der Waals surface area contributed by atoms with Gasteiger partial charge < -0.3 is 16.4 Å². The van der Waals surface area contributed by atoms with Crippen LogP contribution in [0.25, 0.3) is 0 Å². The Balaban J connectivity index is 0. The fraction of sp³-hybridized carbons (Fsp3) is 1.00. The van der Waals surface area contributed by atoms with Crippen molar-refractivity contribution in [3.05, 3.63) is 0 Å². The van der Waals surface area contributed by atoms with E-state index in [0.717, 1.165) is 7.11 Å². The number of hydrogen-bond acceptors (Lipinski definition) is 7. The molecule has 5 N–H and O–H groups in total. The summed E-state index contributed by atoms with van der Waals surface area (Å²) in [6.07, 6.45) is -1.75.